The number of ether oxygens (including phenoxy) is 2. The second kappa shape index (κ2) is 9.15. The molecule has 0 spiro atoms. The van der Waals surface area contributed by atoms with Gasteiger partial charge in [-0.25, -0.2) is 0 Å². The number of nitrogens with one attached hydrogen (secondary N) is 2. The van der Waals surface area contributed by atoms with Gasteiger partial charge in [-0.05, 0) is 43.3 Å². The fourth-order valence-electron chi connectivity index (χ4n) is 3.51. The van der Waals surface area contributed by atoms with E-state index in [0.29, 0.717) is 41.4 Å². The average molecular weight is 492 g/mol. The molecule has 9 nitrogen and oxygen atoms in total. The molecule has 2 N–H and O–H groups in total. The van der Waals surface area contributed by atoms with E-state index in [1.165, 1.54) is 12.1 Å². The Bertz CT molecular complexity index is 1590. The van der Waals surface area contributed by atoms with Crippen molar-refractivity contribution < 1.29 is 27.1 Å². The van der Waals surface area contributed by atoms with Gasteiger partial charge in [0.25, 0.3) is 15.9 Å². The number of hydrogen-bond donors (Lipinski definition) is 2. The fourth-order valence-corrected chi connectivity index (χ4v) is 4.31. The number of rotatable bonds is 5. The normalized spacial score (nSPS) is 13.5. The van der Waals surface area contributed by atoms with E-state index < -0.39 is 15.9 Å². The minimum absolute atomic E-state index is 0.0370. The van der Waals surface area contributed by atoms with Crippen LogP contribution in [0.15, 0.2) is 87.2 Å². The van der Waals surface area contributed by atoms with Gasteiger partial charge in [-0.3, -0.25) is 4.79 Å². The molecule has 0 saturated carbocycles. The van der Waals surface area contributed by atoms with Gasteiger partial charge in [0, 0.05) is 17.1 Å². The lowest BCUT2D eigenvalue weighted by atomic mass is 10.1. The van der Waals surface area contributed by atoms with Crippen LogP contribution in [0.25, 0.3) is 11.0 Å². The molecule has 3 aromatic carbocycles. The maximum Gasteiger partial charge on any atom is 0.276 e. The standard InChI is InChI=1S/C25H21N3O6S/c1-16-6-9-19(10-7-16)35(30,31)28-27-25-20(14-17-4-2-3-5-21(17)34-25)24(29)26-18-8-11-22-23(15-18)33-13-12-32-22/h2-11,14-15,28H,12-13H2,1H3,(H,26,29)/b27-25-. The second-order valence-corrected chi connectivity index (χ2v) is 9.50. The Labute approximate surface area is 201 Å². The highest BCUT2D eigenvalue weighted by Crippen LogP contribution is 2.32. The Morgan fingerprint density at radius 2 is 1.66 bits per heavy atom. The number of para-hydroxylation sites is 1. The van der Waals surface area contributed by atoms with Crippen LogP contribution in [0.1, 0.15) is 15.9 Å². The summed E-state index contributed by atoms with van der Waals surface area (Å²) in [5.74, 6) is 0.577. The fraction of sp³-hybridized carbons (Fsp3) is 0.120. The van der Waals surface area contributed by atoms with Gasteiger partial charge < -0.3 is 19.2 Å². The van der Waals surface area contributed by atoms with Crippen molar-refractivity contribution in [1.82, 2.24) is 4.83 Å². The summed E-state index contributed by atoms with van der Waals surface area (Å²) in [4.78, 5) is 15.4. The van der Waals surface area contributed by atoms with E-state index >= 15 is 0 Å². The Morgan fingerprint density at radius 3 is 2.46 bits per heavy atom. The third kappa shape index (κ3) is 4.82. The highest BCUT2D eigenvalue weighted by molar-refractivity contribution is 7.89. The summed E-state index contributed by atoms with van der Waals surface area (Å²) in [6.45, 7) is 2.73. The first-order valence-electron chi connectivity index (χ1n) is 10.8. The summed E-state index contributed by atoms with van der Waals surface area (Å²) < 4.78 is 42.3. The molecule has 1 amide bonds. The number of aryl methyl sites for hydroxylation is 1. The minimum atomic E-state index is -3.98. The molecule has 35 heavy (non-hydrogen) atoms. The van der Waals surface area contributed by atoms with Gasteiger partial charge in [-0.1, -0.05) is 35.9 Å². The molecule has 0 fully saturated rings. The highest BCUT2D eigenvalue weighted by atomic mass is 32.2. The number of nitrogens with zero attached hydrogens (tertiary/aromatic N) is 1. The lowest BCUT2D eigenvalue weighted by Crippen LogP contribution is -2.27. The first kappa shape index (κ1) is 22.5. The molecule has 0 unspecified atom stereocenters. The van der Waals surface area contributed by atoms with Crippen LogP contribution in [-0.4, -0.2) is 27.5 Å². The zero-order chi connectivity index (χ0) is 24.4. The number of amides is 1. The van der Waals surface area contributed by atoms with Crippen LogP contribution in [0.5, 0.6) is 11.5 Å². The van der Waals surface area contributed by atoms with Crippen molar-refractivity contribution >= 4 is 32.6 Å². The van der Waals surface area contributed by atoms with Crippen LogP contribution in [0, 0.1) is 6.92 Å². The monoisotopic (exact) mass is 491 g/mol. The first-order chi connectivity index (χ1) is 16.9. The van der Waals surface area contributed by atoms with Crippen LogP contribution in [0.2, 0.25) is 0 Å². The average Bonchev–Trinajstić information content (AvgIpc) is 2.87. The SMILES string of the molecule is Cc1ccc(S(=O)(=O)N/N=c2\oc3ccccc3cc2C(=O)Nc2ccc3c(c2)OCCO3)cc1. The molecule has 0 radical (unpaired) electrons. The molecule has 0 atom stereocenters. The number of hydrogen-bond acceptors (Lipinski definition) is 7. The predicted octanol–water partition coefficient (Wildman–Crippen LogP) is 3.56. The van der Waals surface area contributed by atoms with Crippen LogP contribution >= 0.6 is 0 Å². The zero-order valence-electron chi connectivity index (χ0n) is 18.6. The quantitative estimate of drug-likeness (QED) is 0.412. The van der Waals surface area contributed by atoms with Crippen molar-refractivity contribution in [3.63, 3.8) is 0 Å². The molecule has 1 aliphatic rings. The first-order valence-corrected chi connectivity index (χ1v) is 12.2. The topological polar surface area (TPSA) is 119 Å². The highest BCUT2D eigenvalue weighted by Gasteiger charge is 2.18. The van der Waals surface area contributed by atoms with Gasteiger partial charge in [-0.15, -0.1) is 5.10 Å². The molecular weight excluding hydrogens is 470 g/mol. The van der Waals surface area contributed by atoms with Crippen LogP contribution in [-0.2, 0) is 10.0 Å². The van der Waals surface area contributed by atoms with Gasteiger partial charge >= 0.3 is 0 Å². The number of sulfonamides is 1. The summed E-state index contributed by atoms with van der Waals surface area (Å²) >= 11 is 0. The third-order valence-electron chi connectivity index (χ3n) is 5.30. The Kier molecular flexibility index (Phi) is 5.87. The number of carbonyl (C=O) groups is 1. The van der Waals surface area contributed by atoms with E-state index in [9.17, 15) is 13.2 Å². The van der Waals surface area contributed by atoms with E-state index in [0.717, 1.165) is 5.56 Å². The smallest absolute Gasteiger partial charge is 0.276 e. The predicted molar refractivity (Wildman–Crippen MR) is 129 cm³/mol. The molecule has 1 aromatic heterocycles. The van der Waals surface area contributed by atoms with Crippen LogP contribution < -0.4 is 25.2 Å². The van der Waals surface area contributed by atoms with Crippen molar-refractivity contribution in [2.45, 2.75) is 11.8 Å². The van der Waals surface area contributed by atoms with Crippen molar-refractivity contribution in [2.24, 2.45) is 5.10 Å². The molecule has 0 saturated heterocycles. The number of carbonyl (C=O) groups excluding carboxylic acids is 1. The largest absolute Gasteiger partial charge is 0.486 e. The van der Waals surface area contributed by atoms with Gasteiger partial charge in [0.05, 0.1) is 4.90 Å². The zero-order valence-corrected chi connectivity index (χ0v) is 19.5. The van der Waals surface area contributed by atoms with E-state index in [1.807, 2.05) is 6.92 Å². The maximum atomic E-state index is 13.2. The van der Waals surface area contributed by atoms with Crippen molar-refractivity contribution in [1.29, 1.82) is 0 Å². The molecule has 0 bridgehead atoms. The number of anilines is 1. The molecule has 5 rings (SSSR count). The van der Waals surface area contributed by atoms with Gasteiger partial charge in [-0.2, -0.15) is 13.2 Å². The van der Waals surface area contributed by atoms with E-state index in [1.54, 1.807) is 60.7 Å². The van der Waals surface area contributed by atoms with Crippen molar-refractivity contribution in [2.75, 3.05) is 18.5 Å². The van der Waals surface area contributed by atoms with E-state index in [2.05, 4.69) is 15.2 Å². The summed E-state index contributed by atoms with van der Waals surface area (Å²) in [5.41, 5.74) is 1.69. The lowest BCUT2D eigenvalue weighted by molar-refractivity contribution is 0.102. The number of fused-ring (bicyclic) bond motifs is 2. The summed E-state index contributed by atoms with van der Waals surface area (Å²) in [6.07, 6.45) is 0. The Morgan fingerprint density at radius 1 is 0.914 bits per heavy atom. The summed E-state index contributed by atoms with van der Waals surface area (Å²) in [7, 11) is -3.98. The van der Waals surface area contributed by atoms with Crippen molar-refractivity contribution in [3.05, 3.63) is 89.5 Å². The number of benzene rings is 3. The Balaban J connectivity index is 1.51. The van der Waals surface area contributed by atoms with Gasteiger partial charge in [0.2, 0.25) is 5.55 Å². The summed E-state index contributed by atoms with van der Waals surface area (Å²) in [5, 5.41) is 7.38. The van der Waals surface area contributed by atoms with Gasteiger partial charge in [0.15, 0.2) is 11.5 Å². The molecule has 1 aliphatic heterocycles. The lowest BCUT2D eigenvalue weighted by Gasteiger charge is -2.19. The van der Waals surface area contributed by atoms with Gasteiger partial charge in [0.1, 0.15) is 24.4 Å². The van der Waals surface area contributed by atoms with E-state index in [4.69, 9.17) is 13.9 Å². The van der Waals surface area contributed by atoms with E-state index in [-0.39, 0.29) is 16.0 Å². The molecule has 0 aliphatic carbocycles. The van der Waals surface area contributed by atoms with Crippen LogP contribution in [0.4, 0.5) is 5.69 Å². The minimum Gasteiger partial charge on any atom is -0.486 e. The molecule has 178 valence electrons. The van der Waals surface area contributed by atoms with Crippen LogP contribution in [0.3, 0.4) is 0 Å². The van der Waals surface area contributed by atoms with Crippen molar-refractivity contribution in [3.8, 4) is 11.5 Å². The second-order valence-electron chi connectivity index (χ2n) is 7.84. The summed E-state index contributed by atoms with van der Waals surface area (Å²) in [6, 6.07) is 20.0. The maximum absolute atomic E-state index is 13.2. The molecule has 2 heterocycles. The Hall–Kier alpha value is -4.31. The third-order valence-corrected chi connectivity index (χ3v) is 6.52. The molecule has 10 heteroatoms. The molecular formula is C25H21N3O6S. The molecule has 4 aromatic rings.